The molecular formula is C19H25N3. The van der Waals surface area contributed by atoms with Crippen molar-refractivity contribution < 1.29 is 0 Å². The predicted molar refractivity (Wildman–Crippen MR) is 92.4 cm³/mol. The summed E-state index contributed by atoms with van der Waals surface area (Å²) in [6, 6.07) is 5.97. The Morgan fingerprint density at radius 3 is 2.86 bits per heavy atom. The summed E-state index contributed by atoms with van der Waals surface area (Å²) in [5.41, 5.74) is 3.33. The van der Waals surface area contributed by atoms with E-state index in [4.69, 9.17) is 6.57 Å². The lowest BCUT2D eigenvalue weighted by Gasteiger charge is -2.17. The molecule has 0 spiro atoms. The Balaban J connectivity index is 1.61. The normalized spacial score (nSPS) is 20.5. The number of H-pyrrole nitrogens is 1. The number of fused-ring (bicyclic) bond motifs is 1. The average molecular weight is 295 g/mol. The zero-order valence-electron chi connectivity index (χ0n) is 13.6. The summed E-state index contributed by atoms with van der Waals surface area (Å²) < 4.78 is 0. The Kier molecular flexibility index (Phi) is 4.49. The number of rotatable bonds is 7. The van der Waals surface area contributed by atoms with Crippen LogP contribution in [0, 0.1) is 12.5 Å². The maximum absolute atomic E-state index is 7.18. The van der Waals surface area contributed by atoms with Gasteiger partial charge in [-0.25, -0.2) is 4.85 Å². The molecule has 2 aromatic rings. The van der Waals surface area contributed by atoms with Crippen molar-refractivity contribution in [3.05, 3.63) is 41.4 Å². The molecule has 0 radical (unpaired) electrons. The minimum absolute atomic E-state index is 0.700. The number of nitrogens with one attached hydrogen (secondary N) is 1. The first-order valence-electron chi connectivity index (χ1n) is 8.47. The minimum Gasteiger partial charge on any atom is -0.361 e. The van der Waals surface area contributed by atoms with Gasteiger partial charge in [0.25, 0.3) is 0 Å². The van der Waals surface area contributed by atoms with Crippen molar-refractivity contribution in [2.24, 2.45) is 5.92 Å². The molecule has 1 N–H and O–H groups in total. The van der Waals surface area contributed by atoms with Gasteiger partial charge in [-0.2, -0.15) is 0 Å². The van der Waals surface area contributed by atoms with Crippen molar-refractivity contribution >= 4 is 16.6 Å². The van der Waals surface area contributed by atoms with Crippen LogP contribution in [0.5, 0.6) is 0 Å². The summed E-state index contributed by atoms with van der Waals surface area (Å²) >= 11 is 0. The fraction of sp³-hybridized carbons (Fsp3) is 0.526. The maximum atomic E-state index is 7.18. The van der Waals surface area contributed by atoms with Gasteiger partial charge in [-0.15, -0.1) is 0 Å². The lowest BCUT2D eigenvalue weighted by Crippen LogP contribution is -2.23. The molecule has 3 nitrogen and oxygen atoms in total. The Labute approximate surface area is 133 Å². The molecule has 1 fully saturated rings. The second kappa shape index (κ2) is 6.54. The Bertz CT molecular complexity index is 676. The molecule has 2 atom stereocenters. The molecule has 3 rings (SSSR count). The SMILES string of the molecule is [C-]#[N+]c1ccc2[nH]cc(C3CC3CCCN(CC)CC)c2c1. The van der Waals surface area contributed by atoms with E-state index in [0.717, 1.165) is 30.2 Å². The van der Waals surface area contributed by atoms with Crippen molar-refractivity contribution in [1.29, 1.82) is 0 Å². The second-order valence-electron chi connectivity index (χ2n) is 6.36. The number of nitrogens with zero attached hydrogens (tertiary/aromatic N) is 2. The van der Waals surface area contributed by atoms with Crippen molar-refractivity contribution in [1.82, 2.24) is 9.88 Å². The second-order valence-corrected chi connectivity index (χ2v) is 6.36. The van der Waals surface area contributed by atoms with Crippen LogP contribution in [0.25, 0.3) is 15.7 Å². The van der Waals surface area contributed by atoms with Gasteiger partial charge in [0.05, 0.1) is 6.57 Å². The molecule has 0 aliphatic heterocycles. The quantitative estimate of drug-likeness (QED) is 0.718. The van der Waals surface area contributed by atoms with Crippen molar-refractivity contribution in [3.63, 3.8) is 0 Å². The highest BCUT2D eigenvalue weighted by atomic mass is 15.1. The molecule has 2 unspecified atom stereocenters. The first-order valence-corrected chi connectivity index (χ1v) is 8.47. The van der Waals surface area contributed by atoms with E-state index < -0.39 is 0 Å². The lowest BCUT2D eigenvalue weighted by atomic mass is 10.1. The van der Waals surface area contributed by atoms with E-state index in [9.17, 15) is 0 Å². The van der Waals surface area contributed by atoms with Crippen LogP contribution in [-0.4, -0.2) is 29.5 Å². The van der Waals surface area contributed by atoms with Gasteiger partial charge in [0.15, 0.2) is 5.69 Å². The largest absolute Gasteiger partial charge is 0.361 e. The van der Waals surface area contributed by atoms with Gasteiger partial charge in [-0.05, 0) is 73.8 Å². The zero-order chi connectivity index (χ0) is 15.5. The molecule has 1 saturated carbocycles. The molecule has 1 aliphatic rings. The van der Waals surface area contributed by atoms with E-state index in [1.165, 1.54) is 36.8 Å². The summed E-state index contributed by atoms with van der Waals surface area (Å²) in [5.74, 6) is 1.54. The predicted octanol–water partition coefficient (Wildman–Crippen LogP) is 4.94. The molecule has 1 aliphatic carbocycles. The van der Waals surface area contributed by atoms with Crippen LogP contribution in [0.15, 0.2) is 24.4 Å². The Morgan fingerprint density at radius 1 is 1.32 bits per heavy atom. The molecule has 1 aromatic heterocycles. The van der Waals surface area contributed by atoms with Crippen LogP contribution in [0.3, 0.4) is 0 Å². The fourth-order valence-electron chi connectivity index (χ4n) is 3.57. The minimum atomic E-state index is 0.700. The summed E-state index contributed by atoms with van der Waals surface area (Å²) in [5, 5.41) is 1.25. The molecule has 1 aromatic carbocycles. The van der Waals surface area contributed by atoms with Gasteiger partial charge < -0.3 is 9.88 Å². The third-order valence-electron chi connectivity index (χ3n) is 5.09. The zero-order valence-corrected chi connectivity index (χ0v) is 13.6. The van der Waals surface area contributed by atoms with E-state index >= 15 is 0 Å². The van der Waals surface area contributed by atoms with E-state index in [0.29, 0.717) is 5.92 Å². The van der Waals surface area contributed by atoms with Crippen LogP contribution in [0.1, 0.15) is 44.6 Å². The number of aromatic amines is 1. The fourth-order valence-corrected chi connectivity index (χ4v) is 3.57. The van der Waals surface area contributed by atoms with E-state index in [-0.39, 0.29) is 0 Å². The highest BCUT2D eigenvalue weighted by Gasteiger charge is 2.38. The monoisotopic (exact) mass is 295 g/mol. The number of hydrogen-bond acceptors (Lipinski definition) is 1. The molecule has 1 heterocycles. The molecular weight excluding hydrogens is 270 g/mol. The summed E-state index contributed by atoms with van der Waals surface area (Å²) in [4.78, 5) is 9.43. The molecule has 22 heavy (non-hydrogen) atoms. The Hall–Kier alpha value is -1.79. The Morgan fingerprint density at radius 2 is 2.14 bits per heavy atom. The summed E-state index contributed by atoms with van der Waals surface area (Å²) in [6.45, 7) is 15.2. The van der Waals surface area contributed by atoms with Gasteiger partial charge in [-0.1, -0.05) is 19.9 Å². The first kappa shape index (κ1) is 15.1. The highest BCUT2D eigenvalue weighted by molar-refractivity contribution is 5.87. The molecule has 0 amide bonds. The van der Waals surface area contributed by atoms with Crippen LogP contribution in [0.2, 0.25) is 0 Å². The standard InChI is InChI=1S/C19H25N3/c1-4-22(5-2)10-6-7-14-11-16(14)18-13-21-19-9-8-15(20-3)12-17(18)19/h8-9,12-14,16,21H,4-7,10-11H2,1-2H3. The van der Waals surface area contributed by atoms with E-state index in [1.807, 2.05) is 18.2 Å². The topological polar surface area (TPSA) is 23.4 Å². The van der Waals surface area contributed by atoms with Crippen LogP contribution < -0.4 is 0 Å². The first-order chi connectivity index (χ1) is 10.8. The number of benzene rings is 1. The van der Waals surface area contributed by atoms with Crippen LogP contribution >= 0.6 is 0 Å². The van der Waals surface area contributed by atoms with Gasteiger partial charge >= 0.3 is 0 Å². The highest BCUT2D eigenvalue weighted by Crippen LogP contribution is 2.52. The maximum Gasteiger partial charge on any atom is 0.187 e. The lowest BCUT2D eigenvalue weighted by molar-refractivity contribution is 0.294. The van der Waals surface area contributed by atoms with Gasteiger partial charge in [0.2, 0.25) is 0 Å². The summed E-state index contributed by atoms with van der Waals surface area (Å²) in [7, 11) is 0. The molecule has 0 saturated heterocycles. The van der Waals surface area contributed by atoms with Crippen LogP contribution in [0.4, 0.5) is 5.69 Å². The molecule has 0 bridgehead atoms. The smallest absolute Gasteiger partial charge is 0.187 e. The molecule has 3 heteroatoms. The molecule has 116 valence electrons. The van der Waals surface area contributed by atoms with Gasteiger partial charge in [0.1, 0.15) is 0 Å². The average Bonchev–Trinajstić information content (AvgIpc) is 3.20. The third kappa shape index (κ3) is 3.03. The van der Waals surface area contributed by atoms with Crippen molar-refractivity contribution in [3.8, 4) is 0 Å². The van der Waals surface area contributed by atoms with Crippen molar-refractivity contribution in [2.75, 3.05) is 19.6 Å². The van der Waals surface area contributed by atoms with Crippen molar-refractivity contribution in [2.45, 2.75) is 39.0 Å². The summed E-state index contributed by atoms with van der Waals surface area (Å²) in [6.07, 6.45) is 6.11. The number of hydrogen-bond donors (Lipinski definition) is 1. The third-order valence-corrected chi connectivity index (χ3v) is 5.09. The van der Waals surface area contributed by atoms with E-state index in [1.54, 1.807) is 0 Å². The van der Waals surface area contributed by atoms with E-state index in [2.05, 4.69) is 34.8 Å². The van der Waals surface area contributed by atoms with Gasteiger partial charge in [-0.3, -0.25) is 0 Å². The van der Waals surface area contributed by atoms with Crippen LogP contribution in [-0.2, 0) is 0 Å². The van der Waals surface area contributed by atoms with Gasteiger partial charge in [0, 0.05) is 11.7 Å². The number of aromatic nitrogens is 1.